The van der Waals surface area contributed by atoms with E-state index < -0.39 is 0 Å². The monoisotopic (exact) mass is 266 g/mol. The van der Waals surface area contributed by atoms with E-state index in [1.54, 1.807) is 12.5 Å². The van der Waals surface area contributed by atoms with Crippen LogP contribution in [-0.2, 0) is 6.54 Å². The summed E-state index contributed by atoms with van der Waals surface area (Å²) in [7, 11) is 0. The summed E-state index contributed by atoms with van der Waals surface area (Å²) in [4.78, 5) is 23.9. The summed E-state index contributed by atoms with van der Waals surface area (Å²) in [6, 6.07) is 7.69. The van der Waals surface area contributed by atoms with E-state index in [4.69, 9.17) is 0 Å². The third kappa shape index (κ3) is 2.30. The molecule has 0 spiro atoms. The van der Waals surface area contributed by atoms with E-state index in [1.807, 2.05) is 35.8 Å². The van der Waals surface area contributed by atoms with Crippen LogP contribution in [0.2, 0.25) is 0 Å². The van der Waals surface area contributed by atoms with Gasteiger partial charge in [0.15, 0.2) is 11.4 Å². The number of nitrogens with zero attached hydrogens (tertiary/aromatic N) is 4. The number of hydrogen-bond acceptors (Lipinski definition) is 4. The first-order valence-corrected chi connectivity index (χ1v) is 6.51. The second-order valence-electron chi connectivity index (χ2n) is 4.58. The van der Waals surface area contributed by atoms with Gasteiger partial charge in [-0.3, -0.25) is 4.79 Å². The van der Waals surface area contributed by atoms with Crippen LogP contribution in [0.3, 0.4) is 0 Å². The van der Waals surface area contributed by atoms with Gasteiger partial charge in [0.2, 0.25) is 0 Å². The Kier molecular flexibility index (Phi) is 3.25. The van der Waals surface area contributed by atoms with Crippen molar-refractivity contribution in [3.63, 3.8) is 0 Å². The standard InChI is InChI=1S/C15H14N4O/c1-2-14(20)12-5-3-11(4-6-12)8-19-10-18-15-13(19)7-16-9-17-15/h3-7,9-10H,2,8H2,1H3. The van der Waals surface area contributed by atoms with Crippen LogP contribution < -0.4 is 0 Å². The molecule has 0 fully saturated rings. The van der Waals surface area contributed by atoms with Crippen molar-refractivity contribution < 1.29 is 4.79 Å². The fraction of sp³-hybridized carbons (Fsp3) is 0.200. The molecule has 5 nitrogen and oxygen atoms in total. The number of carbonyl (C=O) groups excluding carboxylic acids is 1. The van der Waals surface area contributed by atoms with Crippen molar-refractivity contribution in [3.8, 4) is 0 Å². The molecule has 100 valence electrons. The average Bonchev–Trinajstić information content (AvgIpc) is 2.91. The summed E-state index contributed by atoms with van der Waals surface area (Å²) in [6.45, 7) is 2.55. The van der Waals surface area contributed by atoms with Crippen LogP contribution in [0, 0.1) is 0 Å². The van der Waals surface area contributed by atoms with Crippen molar-refractivity contribution in [1.29, 1.82) is 0 Å². The zero-order valence-electron chi connectivity index (χ0n) is 11.2. The maximum atomic E-state index is 11.6. The number of Topliss-reactive ketones (excluding diaryl/α,β-unsaturated/α-hetero) is 1. The summed E-state index contributed by atoms with van der Waals surface area (Å²) in [5, 5.41) is 0. The number of rotatable bonds is 4. The molecule has 0 atom stereocenters. The van der Waals surface area contributed by atoms with E-state index >= 15 is 0 Å². The van der Waals surface area contributed by atoms with Crippen LogP contribution in [0.1, 0.15) is 29.3 Å². The highest BCUT2D eigenvalue weighted by atomic mass is 16.1. The Bertz CT molecular complexity index is 746. The van der Waals surface area contributed by atoms with E-state index in [2.05, 4.69) is 15.0 Å². The molecule has 0 bridgehead atoms. The topological polar surface area (TPSA) is 60.7 Å². The molecule has 2 heterocycles. The number of carbonyl (C=O) groups is 1. The molecule has 0 N–H and O–H groups in total. The molecule has 1 aromatic carbocycles. The minimum Gasteiger partial charge on any atom is -0.323 e. The highest BCUT2D eigenvalue weighted by Gasteiger charge is 2.05. The minimum absolute atomic E-state index is 0.165. The van der Waals surface area contributed by atoms with Crippen molar-refractivity contribution in [2.24, 2.45) is 0 Å². The summed E-state index contributed by atoms with van der Waals surface area (Å²) in [6.07, 6.45) is 5.53. The molecule has 3 aromatic rings. The zero-order valence-corrected chi connectivity index (χ0v) is 11.2. The van der Waals surface area contributed by atoms with Gasteiger partial charge in [0, 0.05) is 18.5 Å². The van der Waals surface area contributed by atoms with E-state index in [9.17, 15) is 4.79 Å². The van der Waals surface area contributed by atoms with Crippen molar-refractivity contribution in [2.75, 3.05) is 0 Å². The molecule has 0 aliphatic heterocycles. The maximum absolute atomic E-state index is 11.6. The second kappa shape index (κ2) is 5.21. The van der Waals surface area contributed by atoms with Gasteiger partial charge < -0.3 is 4.57 Å². The van der Waals surface area contributed by atoms with Crippen molar-refractivity contribution in [1.82, 2.24) is 19.5 Å². The average molecular weight is 266 g/mol. The molecule has 0 amide bonds. The third-order valence-corrected chi connectivity index (χ3v) is 3.25. The number of fused-ring (bicyclic) bond motifs is 1. The van der Waals surface area contributed by atoms with Crippen LogP contribution in [0.5, 0.6) is 0 Å². The molecule has 0 saturated heterocycles. The zero-order chi connectivity index (χ0) is 13.9. The Morgan fingerprint density at radius 1 is 1.20 bits per heavy atom. The number of aromatic nitrogens is 4. The van der Waals surface area contributed by atoms with Crippen LogP contribution >= 0.6 is 0 Å². The SMILES string of the molecule is CCC(=O)c1ccc(Cn2cnc3ncncc32)cc1. The first-order chi connectivity index (χ1) is 9.78. The fourth-order valence-corrected chi connectivity index (χ4v) is 2.13. The normalized spacial score (nSPS) is 10.8. The molecule has 5 heteroatoms. The van der Waals surface area contributed by atoms with Gasteiger partial charge in [0.25, 0.3) is 0 Å². The third-order valence-electron chi connectivity index (χ3n) is 3.25. The molecule has 0 aliphatic rings. The minimum atomic E-state index is 0.165. The van der Waals surface area contributed by atoms with Gasteiger partial charge >= 0.3 is 0 Å². The van der Waals surface area contributed by atoms with Gasteiger partial charge in [0.05, 0.1) is 12.5 Å². The van der Waals surface area contributed by atoms with Gasteiger partial charge in [-0.25, -0.2) is 15.0 Å². The first kappa shape index (κ1) is 12.5. The highest BCUT2D eigenvalue weighted by Crippen LogP contribution is 2.12. The lowest BCUT2D eigenvalue weighted by molar-refractivity contribution is 0.0988. The maximum Gasteiger partial charge on any atom is 0.180 e. The largest absolute Gasteiger partial charge is 0.323 e. The van der Waals surface area contributed by atoms with Gasteiger partial charge in [0.1, 0.15) is 11.8 Å². The Hall–Kier alpha value is -2.56. The van der Waals surface area contributed by atoms with Gasteiger partial charge in [-0.1, -0.05) is 31.2 Å². The van der Waals surface area contributed by atoms with Gasteiger partial charge in [-0.2, -0.15) is 0 Å². The Morgan fingerprint density at radius 3 is 2.75 bits per heavy atom. The summed E-state index contributed by atoms with van der Waals surface area (Å²) in [5.41, 5.74) is 3.47. The molecule has 0 aliphatic carbocycles. The number of ketones is 1. The molecule has 3 rings (SSSR count). The van der Waals surface area contributed by atoms with Crippen molar-refractivity contribution in [2.45, 2.75) is 19.9 Å². The summed E-state index contributed by atoms with van der Waals surface area (Å²) in [5.74, 6) is 0.165. The van der Waals surface area contributed by atoms with Gasteiger partial charge in [-0.15, -0.1) is 0 Å². The first-order valence-electron chi connectivity index (χ1n) is 6.51. The smallest absolute Gasteiger partial charge is 0.180 e. The number of imidazole rings is 1. The Balaban J connectivity index is 1.86. The summed E-state index contributed by atoms with van der Waals surface area (Å²) >= 11 is 0. The second-order valence-corrected chi connectivity index (χ2v) is 4.58. The van der Waals surface area contributed by atoms with E-state index in [0.29, 0.717) is 18.6 Å². The van der Waals surface area contributed by atoms with Crippen LogP contribution in [0.25, 0.3) is 11.2 Å². The fourth-order valence-electron chi connectivity index (χ4n) is 2.13. The number of benzene rings is 1. The molecule has 0 radical (unpaired) electrons. The molecule has 2 aromatic heterocycles. The predicted octanol–water partition coefficient (Wildman–Crippen LogP) is 2.47. The lowest BCUT2D eigenvalue weighted by atomic mass is 10.1. The Labute approximate surface area is 116 Å². The van der Waals surface area contributed by atoms with E-state index in [-0.39, 0.29) is 5.78 Å². The van der Waals surface area contributed by atoms with Crippen molar-refractivity contribution >= 4 is 16.9 Å². The quantitative estimate of drug-likeness (QED) is 0.681. The molecular weight excluding hydrogens is 252 g/mol. The van der Waals surface area contributed by atoms with Crippen LogP contribution in [-0.4, -0.2) is 25.3 Å². The number of hydrogen-bond donors (Lipinski definition) is 0. The molecule has 0 saturated carbocycles. The van der Waals surface area contributed by atoms with Crippen LogP contribution in [0.4, 0.5) is 0 Å². The molecule has 20 heavy (non-hydrogen) atoms. The van der Waals surface area contributed by atoms with Crippen molar-refractivity contribution in [3.05, 3.63) is 54.2 Å². The predicted molar refractivity (Wildman–Crippen MR) is 75.5 cm³/mol. The van der Waals surface area contributed by atoms with E-state index in [0.717, 1.165) is 16.6 Å². The lowest BCUT2D eigenvalue weighted by Gasteiger charge is -2.05. The van der Waals surface area contributed by atoms with E-state index in [1.165, 1.54) is 6.33 Å². The summed E-state index contributed by atoms with van der Waals surface area (Å²) < 4.78 is 1.99. The lowest BCUT2D eigenvalue weighted by Crippen LogP contribution is -2.00. The van der Waals surface area contributed by atoms with Gasteiger partial charge in [-0.05, 0) is 5.56 Å². The molecule has 0 unspecified atom stereocenters. The van der Waals surface area contributed by atoms with Crippen LogP contribution in [0.15, 0.2) is 43.1 Å². The highest BCUT2D eigenvalue weighted by molar-refractivity contribution is 5.95. The molecular formula is C15H14N4O. The Morgan fingerprint density at radius 2 is 2.00 bits per heavy atom.